The van der Waals surface area contributed by atoms with Crippen LogP contribution in [-0.4, -0.2) is 22.9 Å². The highest BCUT2D eigenvalue weighted by molar-refractivity contribution is 5.84. The molecule has 2 fully saturated rings. The molecule has 0 N–H and O–H groups in total. The predicted molar refractivity (Wildman–Crippen MR) is 61.6 cm³/mol. The van der Waals surface area contributed by atoms with E-state index in [0.29, 0.717) is 18.0 Å². The van der Waals surface area contributed by atoms with Crippen LogP contribution in [0.1, 0.15) is 59.3 Å². The normalized spacial score (nSPS) is 31.5. The smallest absolute Gasteiger partial charge is 0.228 e. The third-order valence-corrected chi connectivity index (χ3v) is 3.69. The quantitative estimate of drug-likeness (QED) is 0.562. The summed E-state index contributed by atoms with van der Waals surface area (Å²) in [5, 5.41) is 0. The Kier molecular flexibility index (Phi) is 2.78. The van der Waals surface area contributed by atoms with Gasteiger partial charge in [-0.2, -0.15) is 0 Å². The van der Waals surface area contributed by atoms with Gasteiger partial charge in [-0.05, 0) is 12.8 Å². The van der Waals surface area contributed by atoms with Gasteiger partial charge in [-0.1, -0.05) is 46.5 Å². The van der Waals surface area contributed by atoms with E-state index in [1.54, 1.807) is 0 Å². The highest BCUT2D eigenvalue weighted by Crippen LogP contribution is 2.41. The lowest BCUT2D eigenvalue weighted by molar-refractivity contribution is -0.134. The highest BCUT2D eigenvalue weighted by Gasteiger charge is 2.51. The number of nitrogens with zero attached hydrogens (tertiary/aromatic N) is 1. The molecule has 2 unspecified atom stereocenters. The Bertz CT molecular complexity index is 240. The SMILES string of the molecule is CC(C)(C)C(=O)N1C2CCCCCCC21. The molecule has 1 aliphatic heterocycles. The molecule has 0 aromatic carbocycles. The van der Waals surface area contributed by atoms with Crippen molar-refractivity contribution in [2.24, 2.45) is 5.41 Å². The van der Waals surface area contributed by atoms with E-state index in [2.05, 4.69) is 4.90 Å². The van der Waals surface area contributed by atoms with Gasteiger partial charge in [0.1, 0.15) is 0 Å². The fourth-order valence-corrected chi connectivity index (χ4v) is 2.75. The van der Waals surface area contributed by atoms with Crippen molar-refractivity contribution in [1.82, 2.24) is 4.90 Å². The van der Waals surface area contributed by atoms with Crippen LogP contribution < -0.4 is 0 Å². The summed E-state index contributed by atoms with van der Waals surface area (Å²) >= 11 is 0. The lowest BCUT2D eigenvalue weighted by Gasteiger charge is -2.18. The van der Waals surface area contributed by atoms with E-state index in [4.69, 9.17) is 0 Å². The Morgan fingerprint density at radius 1 is 1.00 bits per heavy atom. The third-order valence-electron chi connectivity index (χ3n) is 3.69. The van der Waals surface area contributed by atoms with Gasteiger partial charge in [-0.15, -0.1) is 0 Å². The zero-order chi connectivity index (χ0) is 11.1. The van der Waals surface area contributed by atoms with E-state index in [-0.39, 0.29) is 5.41 Å². The number of fused-ring (bicyclic) bond motifs is 1. The van der Waals surface area contributed by atoms with Gasteiger partial charge in [0.15, 0.2) is 0 Å². The van der Waals surface area contributed by atoms with Crippen LogP contribution in [0.4, 0.5) is 0 Å². The third kappa shape index (κ3) is 2.19. The van der Waals surface area contributed by atoms with E-state index in [1.807, 2.05) is 20.8 Å². The number of hydrogen-bond donors (Lipinski definition) is 0. The molecule has 2 aliphatic rings. The van der Waals surface area contributed by atoms with Crippen molar-refractivity contribution in [2.45, 2.75) is 71.4 Å². The first-order valence-corrected chi connectivity index (χ1v) is 6.34. The van der Waals surface area contributed by atoms with Gasteiger partial charge in [-0.3, -0.25) is 4.79 Å². The predicted octanol–water partition coefficient (Wildman–Crippen LogP) is 2.97. The fraction of sp³-hybridized carbons (Fsp3) is 0.923. The Hall–Kier alpha value is -0.530. The van der Waals surface area contributed by atoms with Crippen LogP contribution in [0, 0.1) is 5.41 Å². The Morgan fingerprint density at radius 3 is 1.87 bits per heavy atom. The van der Waals surface area contributed by atoms with Crippen molar-refractivity contribution in [1.29, 1.82) is 0 Å². The lowest BCUT2D eigenvalue weighted by atomic mass is 9.95. The van der Waals surface area contributed by atoms with Crippen molar-refractivity contribution in [3.8, 4) is 0 Å². The molecule has 0 spiro atoms. The van der Waals surface area contributed by atoms with Crippen LogP contribution in [0.15, 0.2) is 0 Å². The van der Waals surface area contributed by atoms with Gasteiger partial charge >= 0.3 is 0 Å². The summed E-state index contributed by atoms with van der Waals surface area (Å²) in [5.41, 5.74) is -0.193. The first kappa shape index (κ1) is 11.0. The van der Waals surface area contributed by atoms with Crippen LogP contribution in [0.5, 0.6) is 0 Å². The Morgan fingerprint density at radius 2 is 1.47 bits per heavy atom. The molecule has 1 amide bonds. The maximum absolute atomic E-state index is 12.1. The second kappa shape index (κ2) is 3.80. The van der Waals surface area contributed by atoms with Gasteiger partial charge in [-0.25, -0.2) is 0 Å². The van der Waals surface area contributed by atoms with E-state index in [0.717, 1.165) is 0 Å². The van der Waals surface area contributed by atoms with E-state index >= 15 is 0 Å². The molecule has 0 aromatic heterocycles. The topological polar surface area (TPSA) is 20.1 Å². The van der Waals surface area contributed by atoms with Gasteiger partial charge in [0.25, 0.3) is 0 Å². The van der Waals surface area contributed by atoms with E-state index in [9.17, 15) is 4.79 Å². The van der Waals surface area contributed by atoms with Crippen molar-refractivity contribution in [2.75, 3.05) is 0 Å². The summed E-state index contributed by atoms with van der Waals surface area (Å²) in [4.78, 5) is 14.3. The second-order valence-electron chi connectivity index (χ2n) is 6.09. The number of hydrogen-bond acceptors (Lipinski definition) is 1. The summed E-state index contributed by atoms with van der Waals surface area (Å²) < 4.78 is 0. The molecule has 2 atom stereocenters. The van der Waals surface area contributed by atoms with Crippen molar-refractivity contribution in [3.63, 3.8) is 0 Å². The van der Waals surface area contributed by atoms with E-state index < -0.39 is 0 Å². The average Bonchev–Trinajstić information content (AvgIpc) is 2.73. The van der Waals surface area contributed by atoms with Gasteiger partial charge in [0.2, 0.25) is 5.91 Å². The number of carbonyl (C=O) groups is 1. The number of rotatable bonds is 0. The molecule has 1 aliphatic carbocycles. The van der Waals surface area contributed by atoms with Gasteiger partial charge < -0.3 is 4.90 Å². The number of carbonyl (C=O) groups excluding carboxylic acids is 1. The summed E-state index contributed by atoms with van der Waals surface area (Å²) in [6.07, 6.45) is 7.84. The monoisotopic (exact) mass is 209 g/mol. The van der Waals surface area contributed by atoms with Crippen molar-refractivity contribution in [3.05, 3.63) is 0 Å². The summed E-state index contributed by atoms with van der Waals surface area (Å²) in [5.74, 6) is 0.361. The van der Waals surface area contributed by atoms with Crippen LogP contribution >= 0.6 is 0 Å². The van der Waals surface area contributed by atoms with Crippen molar-refractivity contribution >= 4 is 5.91 Å². The first-order chi connectivity index (χ1) is 7.02. The minimum absolute atomic E-state index is 0.193. The maximum Gasteiger partial charge on any atom is 0.228 e. The largest absolute Gasteiger partial charge is 0.332 e. The molecule has 1 saturated carbocycles. The molecule has 0 aromatic rings. The highest BCUT2D eigenvalue weighted by atomic mass is 16.2. The zero-order valence-corrected chi connectivity index (χ0v) is 10.3. The molecule has 1 saturated heterocycles. The maximum atomic E-state index is 12.1. The molecule has 2 heteroatoms. The first-order valence-electron chi connectivity index (χ1n) is 6.34. The fourth-order valence-electron chi connectivity index (χ4n) is 2.75. The molecule has 2 nitrogen and oxygen atoms in total. The van der Waals surface area contributed by atoms with Crippen LogP contribution in [0.25, 0.3) is 0 Å². The Balaban J connectivity index is 1.98. The number of amides is 1. The Labute approximate surface area is 93.0 Å². The van der Waals surface area contributed by atoms with Crippen LogP contribution in [-0.2, 0) is 4.79 Å². The lowest BCUT2D eigenvalue weighted by Crippen LogP contribution is -2.29. The van der Waals surface area contributed by atoms with Gasteiger partial charge in [0, 0.05) is 5.41 Å². The summed E-state index contributed by atoms with van der Waals surface area (Å²) in [6.45, 7) is 6.09. The molecule has 15 heavy (non-hydrogen) atoms. The zero-order valence-electron chi connectivity index (χ0n) is 10.3. The minimum atomic E-state index is -0.193. The minimum Gasteiger partial charge on any atom is -0.332 e. The molecule has 1 heterocycles. The molecule has 0 bridgehead atoms. The molecule has 0 radical (unpaired) electrons. The van der Waals surface area contributed by atoms with Crippen LogP contribution in [0.3, 0.4) is 0 Å². The summed E-state index contributed by atoms with van der Waals surface area (Å²) in [7, 11) is 0. The summed E-state index contributed by atoms with van der Waals surface area (Å²) in [6, 6.07) is 1.19. The van der Waals surface area contributed by atoms with E-state index in [1.165, 1.54) is 38.5 Å². The average molecular weight is 209 g/mol. The molecule has 86 valence electrons. The molecule has 2 rings (SSSR count). The van der Waals surface area contributed by atoms with Crippen molar-refractivity contribution < 1.29 is 4.79 Å². The standard InChI is InChI=1S/C13H23NO/c1-13(2,3)12(15)14-10-8-6-4-5-7-9-11(10)14/h10-11H,4-9H2,1-3H3. The van der Waals surface area contributed by atoms with Gasteiger partial charge in [0.05, 0.1) is 12.1 Å². The molecular formula is C13H23NO. The second-order valence-corrected chi connectivity index (χ2v) is 6.09. The van der Waals surface area contributed by atoms with Crippen LogP contribution in [0.2, 0.25) is 0 Å². The molecular weight excluding hydrogens is 186 g/mol.